The summed E-state index contributed by atoms with van der Waals surface area (Å²) in [7, 11) is -1.29. The summed E-state index contributed by atoms with van der Waals surface area (Å²) < 4.78 is 36.8. The standard InChI is InChI=1S/C16H21NO7S/c1-10-8-17(9-13(10)16(19)20)25(21,22)14-5-4-12(23-2)6-11(14)7-15(18)24-3/h4-6,10,13H,7-9H2,1-3H3,(H,19,20)/t10-,13-/m1/s1. The van der Waals surface area contributed by atoms with Crippen LogP contribution in [-0.2, 0) is 30.8 Å². The Morgan fingerprint density at radius 3 is 2.48 bits per heavy atom. The number of methoxy groups -OCH3 is 2. The average Bonchev–Trinajstić information content (AvgIpc) is 2.97. The van der Waals surface area contributed by atoms with Crippen molar-refractivity contribution < 1.29 is 32.6 Å². The van der Waals surface area contributed by atoms with Gasteiger partial charge in [-0.3, -0.25) is 9.59 Å². The maximum Gasteiger partial charge on any atom is 0.310 e. The lowest BCUT2D eigenvalue weighted by atomic mass is 9.99. The molecule has 0 aromatic heterocycles. The molecule has 8 nitrogen and oxygen atoms in total. The van der Waals surface area contributed by atoms with Crippen molar-refractivity contribution in [1.29, 1.82) is 0 Å². The number of sulfonamides is 1. The molecule has 0 saturated carbocycles. The van der Waals surface area contributed by atoms with E-state index in [1.807, 2.05) is 0 Å². The molecule has 0 unspecified atom stereocenters. The van der Waals surface area contributed by atoms with E-state index in [2.05, 4.69) is 4.74 Å². The van der Waals surface area contributed by atoms with Crippen LogP contribution >= 0.6 is 0 Å². The van der Waals surface area contributed by atoms with Gasteiger partial charge in [0.25, 0.3) is 0 Å². The van der Waals surface area contributed by atoms with Crippen LogP contribution < -0.4 is 4.74 Å². The third-order valence-electron chi connectivity index (χ3n) is 4.34. The predicted octanol–water partition coefficient (Wildman–Crippen LogP) is 0.752. The number of aliphatic carboxylic acids is 1. The maximum atomic E-state index is 13.0. The van der Waals surface area contributed by atoms with Crippen LogP contribution in [-0.4, -0.2) is 57.1 Å². The van der Waals surface area contributed by atoms with Gasteiger partial charge in [-0.05, 0) is 29.7 Å². The minimum Gasteiger partial charge on any atom is -0.497 e. The molecule has 1 fully saturated rings. The highest BCUT2D eigenvalue weighted by Crippen LogP contribution is 2.31. The van der Waals surface area contributed by atoms with Crippen molar-refractivity contribution in [3.05, 3.63) is 23.8 Å². The number of carboxylic acids is 1. The molecule has 1 aromatic rings. The smallest absolute Gasteiger partial charge is 0.310 e. The number of carboxylic acid groups (broad SMARTS) is 1. The average molecular weight is 371 g/mol. The van der Waals surface area contributed by atoms with Gasteiger partial charge in [0.05, 0.1) is 31.5 Å². The Balaban J connectivity index is 2.42. The first-order chi connectivity index (χ1) is 11.7. The van der Waals surface area contributed by atoms with Crippen LogP contribution in [0, 0.1) is 11.8 Å². The van der Waals surface area contributed by atoms with Crippen molar-refractivity contribution >= 4 is 22.0 Å². The molecule has 1 aliphatic rings. The summed E-state index contributed by atoms with van der Waals surface area (Å²) in [5.74, 6) is -2.24. The maximum absolute atomic E-state index is 13.0. The fourth-order valence-corrected chi connectivity index (χ4v) is 4.65. The molecule has 0 radical (unpaired) electrons. The number of rotatable bonds is 6. The quantitative estimate of drug-likeness (QED) is 0.735. The normalized spacial score (nSPS) is 21.1. The van der Waals surface area contributed by atoms with Crippen molar-refractivity contribution in [2.24, 2.45) is 11.8 Å². The molecule has 25 heavy (non-hydrogen) atoms. The lowest BCUT2D eigenvalue weighted by Gasteiger charge is -2.19. The van der Waals surface area contributed by atoms with Crippen LogP contribution in [0.3, 0.4) is 0 Å². The zero-order valence-corrected chi connectivity index (χ0v) is 15.1. The first-order valence-corrected chi connectivity index (χ1v) is 9.11. The van der Waals surface area contributed by atoms with Gasteiger partial charge in [0, 0.05) is 13.1 Å². The molecule has 0 aliphatic carbocycles. The van der Waals surface area contributed by atoms with Gasteiger partial charge in [0.1, 0.15) is 5.75 Å². The molecule has 1 aromatic carbocycles. The van der Waals surface area contributed by atoms with E-state index in [9.17, 15) is 23.1 Å². The highest BCUT2D eigenvalue weighted by atomic mass is 32.2. The monoisotopic (exact) mass is 371 g/mol. The fourth-order valence-electron chi connectivity index (χ4n) is 2.88. The first kappa shape index (κ1) is 19.2. The topological polar surface area (TPSA) is 110 Å². The molecule has 1 N–H and O–H groups in total. The predicted molar refractivity (Wildman–Crippen MR) is 87.8 cm³/mol. The van der Waals surface area contributed by atoms with Gasteiger partial charge in [-0.2, -0.15) is 4.31 Å². The van der Waals surface area contributed by atoms with Crippen molar-refractivity contribution in [3.63, 3.8) is 0 Å². The van der Waals surface area contributed by atoms with E-state index in [1.54, 1.807) is 6.92 Å². The molecular formula is C16H21NO7S. The first-order valence-electron chi connectivity index (χ1n) is 7.67. The van der Waals surface area contributed by atoms with E-state index >= 15 is 0 Å². The molecule has 9 heteroatoms. The van der Waals surface area contributed by atoms with Gasteiger partial charge in [-0.15, -0.1) is 0 Å². The Bertz CT molecular complexity index is 775. The summed E-state index contributed by atoms with van der Waals surface area (Å²) in [6.45, 7) is 1.73. The third-order valence-corrected chi connectivity index (χ3v) is 6.28. The summed E-state index contributed by atoms with van der Waals surface area (Å²) in [4.78, 5) is 22.8. The number of ether oxygens (including phenoxy) is 2. The lowest BCUT2D eigenvalue weighted by Crippen LogP contribution is -2.31. The third kappa shape index (κ3) is 3.93. The molecule has 0 bridgehead atoms. The van der Waals surface area contributed by atoms with Crippen molar-refractivity contribution in [2.45, 2.75) is 18.2 Å². The fraction of sp³-hybridized carbons (Fsp3) is 0.500. The number of nitrogens with zero attached hydrogens (tertiary/aromatic N) is 1. The van der Waals surface area contributed by atoms with Gasteiger partial charge in [0.15, 0.2) is 0 Å². The molecule has 138 valence electrons. The zero-order chi connectivity index (χ0) is 18.8. The minimum absolute atomic E-state index is 0.0445. The van der Waals surface area contributed by atoms with E-state index in [0.29, 0.717) is 5.75 Å². The Morgan fingerprint density at radius 2 is 1.96 bits per heavy atom. The highest BCUT2D eigenvalue weighted by molar-refractivity contribution is 7.89. The van der Waals surface area contributed by atoms with E-state index in [4.69, 9.17) is 4.74 Å². The second-order valence-corrected chi connectivity index (χ2v) is 7.88. The highest BCUT2D eigenvalue weighted by Gasteiger charge is 2.41. The van der Waals surface area contributed by atoms with Gasteiger partial charge in [-0.25, -0.2) is 8.42 Å². The molecule has 1 saturated heterocycles. The van der Waals surface area contributed by atoms with Crippen molar-refractivity contribution in [3.8, 4) is 5.75 Å². The van der Waals surface area contributed by atoms with Crippen LogP contribution in [0.2, 0.25) is 0 Å². The minimum atomic E-state index is -3.94. The van der Waals surface area contributed by atoms with Crippen molar-refractivity contribution in [1.82, 2.24) is 4.31 Å². The molecule has 2 atom stereocenters. The summed E-state index contributed by atoms with van der Waals surface area (Å²) in [5.41, 5.74) is 0.248. The second kappa shape index (κ2) is 7.40. The van der Waals surface area contributed by atoms with Crippen LogP contribution in [0.4, 0.5) is 0 Å². The number of benzene rings is 1. The Labute approximate surface area is 146 Å². The van der Waals surface area contributed by atoms with E-state index < -0.39 is 27.9 Å². The zero-order valence-electron chi connectivity index (χ0n) is 14.3. The van der Waals surface area contributed by atoms with E-state index in [0.717, 1.165) is 4.31 Å². The van der Waals surface area contributed by atoms with E-state index in [1.165, 1.54) is 32.4 Å². The molecule has 0 spiro atoms. The van der Waals surface area contributed by atoms with Gasteiger partial charge >= 0.3 is 11.9 Å². The number of carbonyl (C=O) groups is 2. The van der Waals surface area contributed by atoms with Crippen LogP contribution in [0.5, 0.6) is 5.75 Å². The van der Waals surface area contributed by atoms with Crippen molar-refractivity contribution in [2.75, 3.05) is 27.3 Å². The Hall–Kier alpha value is -2.13. The SMILES string of the molecule is COC(=O)Cc1cc(OC)ccc1S(=O)(=O)N1C[C@@H](C)[C@H](C(=O)O)C1. The molecule has 0 amide bonds. The van der Waals surface area contributed by atoms with Crippen LogP contribution in [0.1, 0.15) is 12.5 Å². The molecular weight excluding hydrogens is 350 g/mol. The molecule has 2 rings (SSSR count). The Morgan fingerprint density at radius 1 is 1.28 bits per heavy atom. The molecule has 1 aliphatic heterocycles. The summed E-state index contributed by atoms with van der Waals surface area (Å²) in [5, 5.41) is 9.21. The van der Waals surface area contributed by atoms with E-state index in [-0.39, 0.29) is 35.9 Å². The van der Waals surface area contributed by atoms with Gasteiger partial charge in [0.2, 0.25) is 10.0 Å². The molecule has 1 heterocycles. The largest absolute Gasteiger partial charge is 0.497 e. The second-order valence-electron chi connectivity index (χ2n) is 5.97. The Kier molecular flexibility index (Phi) is 5.69. The number of carbonyl (C=O) groups excluding carboxylic acids is 1. The number of hydrogen-bond donors (Lipinski definition) is 1. The van der Waals surface area contributed by atoms with Gasteiger partial charge in [-0.1, -0.05) is 6.92 Å². The summed E-state index contributed by atoms with van der Waals surface area (Å²) >= 11 is 0. The number of hydrogen-bond acceptors (Lipinski definition) is 6. The van der Waals surface area contributed by atoms with Crippen LogP contribution in [0.15, 0.2) is 23.1 Å². The number of esters is 1. The summed E-state index contributed by atoms with van der Waals surface area (Å²) in [6.07, 6.45) is -0.228. The van der Waals surface area contributed by atoms with Crippen LogP contribution in [0.25, 0.3) is 0 Å². The summed E-state index contributed by atoms with van der Waals surface area (Å²) in [6, 6.07) is 4.32. The van der Waals surface area contributed by atoms with Gasteiger partial charge < -0.3 is 14.6 Å². The lowest BCUT2D eigenvalue weighted by molar-refractivity contribution is -0.142.